The molecule has 6 rings (SSSR count). The van der Waals surface area contributed by atoms with Crippen molar-refractivity contribution >= 4 is 17.5 Å². The fourth-order valence-corrected chi connectivity index (χ4v) is 5.80. The van der Waals surface area contributed by atoms with Gasteiger partial charge in [-0.25, -0.2) is 4.68 Å². The number of nitrogens with zero attached hydrogens (tertiary/aromatic N) is 4. The number of anilines is 1. The molecule has 3 aliphatic heterocycles. The lowest BCUT2D eigenvalue weighted by atomic mass is 10.0. The molecule has 4 heterocycles. The number of fused-ring (bicyclic) bond motifs is 3. The van der Waals surface area contributed by atoms with Gasteiger partial charge in [0.05, 0.1) is 17.4 Å². The number of carbonyl (C=O) groups excluding carboxylic acids is 2. The van der Waals surface area contributed by atoms with Crippen molar-refractivity contribution in [1.82, 2.24) is 19.6 Å². The number of hydrogen-bond donors (Lipinski definition) is 2. The molecule has 3 aromatic rings. The quantitative estimate of drug-likeness (QED) is 0.521. The van der Waals surface area contributed by atoms with Gasteiger partial charge in [0.1, 0.15) is 17.2 Å². The molecule has 0 spiro atoms. The molecule has 3 aliphatic rings. The van der Waals surface area contributed by atoms with E-state index in [-0.39, 0.29) is 24.0 Å². The highest BCUT2D eigenvalue weighted by atomic mass is 16.5. The van der Waals surface area contributed by atoms with E-state index in [0.717, 1.165) is 43.1 Å². The second-order valence-electron chi connectivity index (χ2n) is 9.46. The monoisotopic (exact) mass is 484 g/mol. The Balaban J connectivity index is 1.29. The summed E-state index contributed by atoms with van der Waals surface area (Å²) in [5, 5.41) is 8.28. The zero-order valence-electron chi connectivity index (χ0n) is 19.8. The van der Waals surface area contributed by atoms with E-state index in [2.05, 4.69) is 16.8 Å². The molecule has 3 N–H and O–H groups in total. The van der Waals surface area contributed by atoms with Gasteiger partial charge in [0, 0.05) is 31.7 Å². The molecule has 2 bridgehead atoms. The molecule has 1 aromatic heterocycles. The second kappa shape index (κ2) is 8.83. The fraction of sp³-hybridized carbons (Fsp3) is 0.296. The van der Waals surface area contributed by atoms with Crippen molar-refractivity contribution in [3.63, 3.8) is 0 Å². The number of benzene rings is 2. The number of aromatic nitrogens is 2. The van der Waals surface area contributed by atoms with Crippen LogP contribution in [-0.4, -0.2) is 63.1 Å². The Kier molecular flexibility index (Phi) is 5.49. The number of ether oxygens (including phenoxy) is 1. The average Bonchev–Trinajstić information content (AvgIpc) is 3.62. The number of likely N-dealkylation sites (tertiary alicyclic amines) is 2. The first kappa shape index (κ1) is 22.4. The smallest absolute Gasteiger partial charge is 0.269 e. The van der Waals surface area contributed by atoms with Crippen LogP contribution in [0.25, 0.3) is 5.69 Å². The number of piperazine rings is 1. The minimum Gasteiger partial charge on any atom is -0.457 e. The number of rotatable bonds is 6. The molecule has 9 nitrogen and oxygen atoms in total. The molecule has 2 aromatic carbocycles. The maximum absolute atomic E-state index is 12.6. The third kappa shape index (κ3) is 3.72. The van der Waals surface area contributed by atoms with Gasteiger partial charge in [-0.1, -0.05) is 24.8 Å². The van der Waals surface area contributed by atoms with Crippen LogP contribution in [0, 0.1) is 0 Å². The Labute approximate surface area is 209 Å². The summed E-state index contributed by atoms with van der Waals surface area (Å²) in [5.74, 6) is 0.892. The predicted molar refractivity (Wildman–Crippen MR) is 135 cm³/mol. The summed E-state index contributed by atoms with van der Waals surface area (Å²) in [4.78, 5) is 29.1. The third-order valence-electron chi connectivity index (χ3n) is 7.38. The molecule has 184 valence electrons. The first-order valence-electron chi connectivity index (χ1n) is 12.2. The van der Waals surface area contributed by atoms with Gasteiger partial charge in [-0.15, -0.1) is 0 Å². The lowest BCUT2D eigenvalue weighted by Crippen LogP contribution is -2.50. The number of carbonyl (C=O) groups is 2. The van der Waals surface area contributed by atoms with Crippen molar-refractivity contribution in [1.29, 1.82) is 0 Å². The van der Waals surface area contributed by atoms with Crippen LogP contribution >= 0.6 is 0 Å². The van der Waals surface area contributed by atoms with E-state index in [0.29, 0.717) is 23.7 Å². The van der Waals surface area contributed by atoms with Crippen LogP contribution in [0.15, 0.2) is 67.3 Å². The van der Waals surface area contributed by atoms with Gasteiger partial charge in [0.25, 0.3) is 5.91 Å². The highest BCUT2D eigenvalue weighted by molar-refractivity contribution is 5.98. The van der Waals surface area contributed by atoms with E-state index >= 15 is 0 Å². The zero-order valence-corrected chi connectivity index (χ0v) is 19.8. The van der Waals surface area contributed by atoms with E-state index in [1.807, 2.05) is 59.5 Å². The largest absolute Gasteiger partial charge is 0.457 e. The summed E-state index contributed by atoms with van der Waals surface area (Å²) in [5.41, 5.74) is 8.45. The first-order valence-corrected chi connectivity index (χ1v) is 12.2. The molecule has 0 aliphatic carbocycles. The van der Waals surface area contributed by atoms with E-state index in [1.165, 1.54) is 6.08 Å². The Morgan fingerprint density at radius 3 is 2.47 bits per heavy atom. The molecule has 0 saturated carbocycles. The lowest BCUT2D eigenvalue weighted by Gasteiger charge is -2.39. The van der Waals surface area contributed by atoms with Crippen LogP contribution in [0.5, 0.6) is 11.5 Å². The summed E-state index contributed by atoms with van der Waals surface area (Å²) >= 11 is 0. The van der Waals surface area contributed by atoms with Crippen LogP contribution < -0.4 is 15.8 Å². The van der Waals surface area contributed by atoms with Gasteiger partial charge in [0.2, 0.25) is 5.91 Å². The molecular weight excluding hydrogens is 456 g/mol. The fourth-order valence-electron chi connectivity index (χ4n) is 5.80. The van der Waals surface area contributed by atoms with Gasteiger partial charge < -0.3 is 20.7 Å². The Bertz CT molecular complexity index is 1320. The number of nitrogens with two attached hydrogens (primary N) is 1. The van der Waals surface area contributed by atoms with Gasteiger partial charge in [-0.2, -0.15) is 5.10 Å². The van der Waals surface area contributed by atoms with E-state index in [1.54, 1.807) is 4.68 Å². The first-order chi connectivity index (χ1) is 17.5. The molecule has 0 radical (unpaired) electrons. The Morgan fingerprint density at radius 2 is 1.81 bits per heavy atom. The highest BCUT2D eigenvalue weighted by Gasteiger charge is 2.48. The number of para-hydroxylation sites is 1. The molecule has 2 fully saturated rings. The molecule has 1 unspecified atom stereocenters. The second-order valence-corrected chi connectivity index (χ2v) is 9.46. The minimum atomic E-state index is -0.535. The molecule has 9 heteroatoms. The van der Waals surface area contributed by atoms with Crippen LogP contribution in [0.1, 0.15) is 35.1 Å². The summed E-state index contributed by atoms with van der Waals surface area (Å²) < 4.78 is 7.53. The van der Waals surface area contributed by atoms with Crippen LogP contribution in [0.3, 0.4) is 0 Å². The highest BCUT2D eigenvalue weighted by Crippen LogP contribution is 2.43. The van der Waals surface area contributed by atoms with E-state index < -0.39 is 5.91 Å². The normalized spacial score (nSPS) is 22.7. The summed E-state index contributed by atoms with van der Waals surface area (Å²) in [6.07, 6.45) is 3.21. The predicted octanol–water partition coefficient (Wildman–Crippen LogP) is 3.09. The minimum absolute atomic E-state index is 0.00636. The summed E-state index contributed by atoms with van der Waals surface area (Å²) in [6.45, 7) is 5.84. The summed E-state index contributed by atoms with van der Waals surface area (Å²) in [6, 6.07) is 17.5. The van der Waals surface area contributed by atoms with Crippen molar-refractivity contribution in [2.45, 2.75) is 31.0 Å². The average molecular weight is 485 g/mol. The zero-order chi connectivity index (χ0) is 24.8. The SMILES string of the molecule is C=CC(=O)N1C[C@H]2C[C@@H]1CN2C1CCNc2c1nn(-c1ccc(Oc3ccccc3)cc1)c2C(N)=O. The van der Waals surface area contributed by atoms with Crippen molar-refractivity contribution in [2.24, 2.45) is 5.73 Å². The topological polar surface area (TPSA) is 106 Å². The van der Waals surface area contributed by atoms with Crippen molar-refractivity contribution in [3.8, 4) is 17.2 Å². The van der Waals surface area contributed by atoms with Crippen molar-refractivity contribution < 1.29 is 14.3 Å². The third-order valence-corrected chi connectivity index (χ3v) is 7.38. The molecule has 2 amide bonds. The van der Waals surface area contributed by atoms with E-state index in [4.69, 9.17) is 15.6 Å². The lowest BCUT2D eigenvalue weighted by molar-refractivity contribution is -0.128. The van der Waals surface area contributed by atoms with Gasteiger partial charge in [0.15, 0.2) is 5.69 Å². The standard InChI is InChI=1S/C27H28N6O3/c1-2-23(34)32-16-18-14-19(32)15-31(18)22-12-13-29-25-24(22)30-33(26(25)27(28)35)17-8-10-21(11-9-17)36-20-6-4-3-5-7-20/h2-11,18-19,22,29H,1,12-16H2,(H2,28,35)/t18-,19-,22?/m1/s1. The molecule has 2 saturated heterocycles. The Hall–Kier alpha value is -4.11. The number of hydrogen-bond acceptors (Lipinski definition) is 6. The van der Waals surface area contributed by atoms with Gasteiger partial charge >= 0.3 is 0 Å². The van der Waals surface area contributed by atoms with Crippen LogP contribution in [0.4, 0.5) is 5.69 Å². The number of nitrogens with one attached hydrogen (secondary N) is 1. The summed E-state index contributed by atoms with van der Waals surface area (Å²) in [7, 11) is 0. The van der Waals surface area contributed by atoms with E-state index in [9.17, 15) is 9.59 Å². The molecule has 3 atom stereocenters. The maximum atomic E-state index is 12.6. The number of primary amides is 1. The van der Waals surface area contributed by atoms with Gasteiger partial charge in [-0.05, 0) is 55.3 Å². The van der Waals surface area contributed by atoms with Crippen LogP contribution in [-0.2, 0) is 4.79 Å². The van der Waals surface area contributed by atoms with Crippen LogP contribution in [0.2, 0.25) is 0 Å². The van der Waals surface area contributed by atoms with Gasteiger partial charge in [-0.3, -0.25) is 14.5 Å². The van der Waals surface area contributed by atoms with Crippen molar-refractivity contribution in [3.05, 3.63) is 78.6 Å². The Morgan fingerprint density at radius 1 is 1.06 bits per heavy atom. The number of amides is 2. The molecule has 36 heavy (non-hydrogen) atoms. The van der Waals surface area contributed by atoms with Crippen molar-refractivity contribution in [2.75, 3.05) is 25.0 Å². The maximum Gasteiger partial charge on any atom is 0.269 e. The molecular formula is C27H28N6O3.